The van der Waals surface area contributed by atoms with Crippen LogP contribution in [-0.2, 0) is 26.1 Å². The Morgan fingerprint density at radius 1 is 1.12 bits per heavy atom. The van der Waals surface area contributed by atoms with Crippen molar-refractivity contribution in [3.63, 3.8) is 0 Å². The third kappa shape index (κ3) is 5.85. The highest BCUT2D eigenvalue weighted by Crippen LogP contribution is 2.25. The maximum Gasteiger partial charge on any atom is 0.340 e. The molecular weight excluding hydrogens is 459 g/mol. The second-order valence-electron chi connectivity index (χ2n) is 7.54. The SMILES string of the molecule is Cc1ccc(CNC(=O)COC(=O)c2cc(S(=O)(=O)N3CCCCC3)ccc2Cl)cc1F. The van der Waals surface area contributed by atoms with Gasteiger partial charge in [0, 0.05) is 19.6 Å². The molecule has 0 spiro atoms. The van der Waals surface area contributed by atoms with E-state index in [0.29, 0.717) is 24.2 Å². The predicted molar refractivity (Wildman–Crippen MR) is 117 cm³/mol. The van der Waals surface area contributed by atoms with Gasteiger partial charge in [0.05, 0.1) is 15.5 Å². The lowest BCUT2D eigenvalue weighted by Crippen LogP contribution is -2.35. The molecule has 1 aliphatic rings. The van der Waals surface area contributed by atoms with Crippen molar-refractivity contribution < 1.29 is 27.1 Å². The second-order valence-corrected chi connectivity index (χ2v) is 9.89. The van der Waals surface area contributed by atoms with E-state index in [9.17, 15) is 22.4 Å². The molecule has 2 aromatic rings. The maximum atomic E-state index is 13.6. The minimum atomic E-state index is -3.75. The van der Waals surface area contributed by atoms with Gasteiger partial charge in [-0.15, -0.1) is 0 Å². The van der Waals surface area contributed by atoms with Crippen molar-refractivity contribution in [2.24, 2.45) is 0 Å². The van der Waals surface area contributed by atoms with Gasteiger partial charge in [-0.3, -0.25) is 4.79 Å². The summed E-state index contributed by atoms with van der Waals surface area (Å²) in [5.41, 5.74) is 0.917. The maximum absolute atomic E-state index is 13.6. The number of hydrogen-bond acceptors (Lipinski definition) is 5. The van der Waals surface area contributed by atoms with Crippen LogP contribution < -0.4 is 5.32 Å². The summed E-state index contributed by atoms with van der Waals surface area (Å²) in [5, 5.41) is 2.54. The molecule has 1 heterocycles. The monoisotopic (exact) mass is 482 g/mol. The Labute approximate surface area is 191 Å². The molecule has 0 radical (unpaired) electrons. The van der Waals surface area contributed by atoms with Gasteiger partial charge in [0.25, 0.3) is 5.91 Å². The van der Waals surface area contributed by atoms with Crippen molar-refractivity contribution in [3.8, 4) is 0 Å². The fraction of sp³-hybridized carbons (Fsp3) is 0.364. The molecule has 0 aliphatic carbocycles. The van der Waals surface area contributed by atoms with Crippen molar-refractivity contribution in [2.75, 3.05) is 19.7 Å². The quantitative estimate of drug-likeness (QED) is 0.610. The van der Waals surface area contributed by atoms with Crippen LogP contribution in [0.3, 0.4) is 0 Å². The predicted octanol–water partition coefficient (Wildman–Crippen LogP) is 3.44. The van der Waals surface area contributed by atoms with Crippen LogP contribution in [0.15, 0.2) is 41.3 Å². The number of aryl methyl sites for hydroxylation is 1. The van der Waals surface area contributed by atoms with E-state index in [0.717, 1.165) is 19.3 Å². The molecule has 0 aromatic heterocycles. The number of nitrogens with one attached hydrogen (secondary N) is 1. The lowest BCUT2D eigenvalue weighted by atomic mass is 10.1. The van der Waals surface area contributed by atoms with Crippen LogP contribution >= 0.6 is 11.6 Å². The fourth-order valence-corrected chi connectivity index (χ4v) is 5.02. The highest BCUT2D eigenvalue weighted by atomic mass is 35.5. The van der Waals surface area contributed by atoms with Gasteiger partial charge in [0.2, 0.25) is 10.0 Å². The smallest absolute Gasteiger partial charge is 0.340 e. The Hall–Kier alpha value is -2.49. The Balaban J connectivity index is 1.61. The van der Waals surface area contributed by atoms with Crippen LogP contribution in [0, 0.1) is 12.7 Å². The number of esters is 1. The second kappa shape index (κ2) is 10.4. The number of carbonyl (C=O) groups excluding carboxylic acids is 2. The molecule has 1 aliphatic heterocycles. The number of hydrogen-bond donors (Lipinski definition) is 1. The first-order valence-corrected chi connectivity index (χ1v) is 12.0. The van der Waals surface area contributed by atoms with E-state index in [1.807, 2.05) is 0 Å². The average molecular weight is 483 g/mol. The molecule has 172 valence electrons. The largest absolute Gasteiger partial charge is 0.452 e. The Morgan fingerprint density at radius 3 is 2.53 bits per heavy atom. The van der Waals surface area contributed by atoms with Crippen molar-refractivity contribution in [3.05, 3.63) is 63.9 Å². The molecule has 7 nitrogen and oxygen atoms in total. The zero-order valence-corrected chi connectivity index (χ0v) is 19.1. The minimum Gasteiger partial charge on any atom is -0.452 e. The molecule has 1 saturated heterocycles. The summed E-state index contributed by atoms with van der Waals surface area (Å²) in [6.07, 6.45) is 2.54. The van der Waals surface area contributed by atoms with Gasteiger partial charge in [-0.2, -0.15) is 4.31 Å². The Bertz CT molecular complexity index is 1120. The topological polar surface area (TPSA) is 92.8 Å². The Morgan fingerprint density at radius 2 is 1.84 bits per heavy atom. The van der Waals surface area contributed by atoms with Crippen LogP contribution in [0.1, 0.15) is 40.7 Å². The molecule has 0 atom stereocenters. The van der Waals surface area contributed by atoms with E-state index in [2.05, 4.69) is 5.32 Å². The standard InChI is InChI=1S/C22H24ClFN2O5S/c1-15-5-6-16(11-20(15)24)13-25-21(27)14-31-22(28)18-12-17(7-8-19(18)23)32(29,30)26-9-3-2-4-10-26/h5-8,11-12H,2-4,9-10,13-14H2,1H3,(H,25,27). The highest BCUT2D eigenvalue weighted by molar-refractivity contribution is 7.89. The number of rotatable bonds is 7. The van der Waals surface area contributed by atoms with E-state index in [-0.39, 0.29) is 27.8 Å². The van der Waals surface area contributed by atoms with Crippen molar-refractivity contribution in [1.82, 2.24) is 9.62 Å². The Kier molecular flexibility index (Phi) is 7.86. The normalized spacial score (nSPS) is 14.7. The molecule has 1 amide bonds. The molecule has 0 saturated carbocycles. The molecule has 32 heavy (non-hydrogen) atoms. The molecular formula is C22H24ClFN2O5S. The number of sulfonamides is 1. The van der Waals surface area contributed by atoms with E-state index in [1.165, 1.54) is 28.6 Å². The summed E-state index contributed by atoms with van der Waals surface area (Å²) < 4.78 is 45.6. The van der Waals surface area contributed by atoms with Crippen LogP contribution in [0.4, 0.5) is 4.39 Å². The lowest BCUT2D eigenvalue weighted by Gasteiger charge is -2.26. The van der Waals surface area contributed by atoms with Gasteiger partial charge in [0.15, 0.2) is 6.61 Å². The summed E-state index contributed by atoms with van der Waals surface area (Å²) in [7, 11) is -3.75. The summed E-state index contributed by atoms with van der Waals surface area (Å²) >= 11 is 6.07. The third-order valence-corrected chi connectivity index (χ3v) is 7.40. The van der Waals surface area contributed by atoms with E-state index in [1.54, 1.807) is 19.1 Å². The summed E-state index contributed by atoms with van der Waals surface area (Å²) in [4.78, 5) is 24.4. The average Bonchev–Trinajstić information content (AvgIpc) is 2.79. The zero-order chi connectivity index (χ0) is 23.3. The molecule has 10 heteroatoms. The summed E-state index contributed by atoms with van der Waals surface area (Å²) in [5.74, 6) is -1.88. The number of ether oxygens (including phenoxy) is 1. The summed E-state index contributed by atoms with van der Waals surface area (Å²) in [6, 6.07) is 8.43. The number of piperidine rings is 1. The van der Waals surface area contributed by atoms with Gasteiger partial charge in [-0.1, -0.05) is 30.2 Å². The first-order chi connectivity index (χ1) is 15.2. The molecule has 3 rings (SSSR count). The number of amides is 1. The molecule has 1 fully saturated rings. The zero-order valence-electron chi connectivity index (χ0n) is 17.6. The van der Waals surface area contributed by atoms with Gasteiger partial charge >= 0.3 is 5.97 Å². The van der Waals surface area contributed by atoms with E-state index < -0.39 is 28.5 Å². The number of halogens is 2. The van der Waals surface area contributed by atoms with Gasteiger partial charge in [-0.05, 0) is 55.2 Å². The highest BCUT2D eigenvalue weighted by Gasteiger charge is 2.27. The first kappa shape index (κ1) is 24.2. The molecule has 0 bridgehead atoms. The van der Waals surface area contributed by atoms with Crippen LogP contribution in [-0.4, -0.2) is 44.3 Å². The van der Waals surface area contributed by atoms with Crippen LogP contribution in [0.5, 0.6) is 0 Å². The minimum absolute atomic E-state index is 0.0168. The van der Waals surface area contributed by atoms with Crippen LogP contribution in [0.25, 0.3) is 0 Å². The lowest BCUT2D eigenvalue weighted by molar-refractivity contribution is -0.124. The number of carbonyl (C=O) groups is 2. The van der Waals surface area contributed by atoms with Gasteiger partial charge in [0.1, 0.15) is 5.82 Å². The summed E-state index contributed by atoms with van der Waals surface area (Å²) in [6.45, 7) is 1.96. The number of nitrogens with zero attached hydrogens (tertiary/aromatic N) is 1. The molecule has 2 aromatic carbocycles. The van der Waals surface area contributed by atoms with Crippen molar-refractivity contribution in [2.45, 2.75) is 37.6 Å². The van der Waals surface area contributed by atoms with E-state index in [4.69, 9.17) is 16.3 Å². The molecule has 0 unspecified atom stereocenters. The third-order valence-electron chi connectivity index (χ3n) is 5.17. The van der Waals surface area contributed by atoms with Gasteiger partial charge in [-0.25, -0.2) is 17.6 Å². The fourth-order valence-electron chi connectivity index (χ4n) is 3.28. The first-order valence-electron chi connectivity index (χ1n) is 10.2. The van der Waals surface area contributed by atoms with E-state index >= 15 is 0 Å². The van der Waals surface area contributed by atoms with Gasteiger partial charge < -0.3 is 10.1 Å². The van der Waals surface area contributed by atoms with Crippen LogP contribution in [0.2, 0.25) is 5.02 Å². The van der Waals surface area contributed by atoms with Crippen molar-refractivity contribution >= 4 is 33.5 Å². The van der Waals surface area contributed by atoms with Crippen molar-refractivity contribution in [1.29, 1.82) is 0 Å². The molecule has 1 N–H and O–H groups in total. The number of benzene rings is 2.